The molecule has 2 heterocycles. The summed E-state index contributed by atoms with van der Waals surface area (Å²) in [6, 6.07) is 5.67. The molecule has 27 heavy (non-hydrogen) atoms. The highest BCUT2D eigenvalue weighted by atomic mass is 16.5. The summed E-state index contributed by atoms with van der Waals surface area (Å²) in [6.45, 7) is 2.45. The first-order chi connectivity index (χ1) is 13.0. The van der Waals surface area contributed by atoms with Crippen LogP contribution < -0.4 is 5.32 Å². The predicted molar refractivity (Wildman–Crippen MR) is 102 cm³/mol. The zero-order chi connectivity index (χ0) is 18.6. The number of aliphatic hydroxyl groups is 1. The molecule has 0 radical (unpaired) electrons. The second-order valence-electron chi connectivity index (χ2n) is 8.27. The molecule has 5 rings (SSSR count). The summed E-state index contributed by atoms with van der Waals surface area (Å²) in [5.74, 6) is 0.941. The fourth-order valence-electron chi connectivity index (χ4n) is 4.37. The largest absolute Gasteiger partial charge is 0.507 e. The maximum Gasteiger partial charge on any atom is 0.154 e. The zero-order valence-corrected chi connectivity index (χ0v) is 15.5. The van der Waals surface area contributed by atoms with E-state index in [2.05, 4.69) is 15.5 Å². The van der Waals surface area contributed by atoms with Crippen molar-refractivity contribution in [2.24, 2.45) is 0 Å². The molecule has 0 amide bonds. The van der Waals surface area contributed by atoms with E-state index in [4.69, 9.17) is 4.74 Å². The summed E-state index contributed by atoms with van der Waals surface area (Å²) >= 11 is 0. The summed E-state index contributed by atoms with van der Waals surface area (Å²) in [6.07, 6.45) is 5.36. The molecule has 1 aliphatic heterocycles. The summed E-state index contributed by atoms with van der Waals surface area (Å²) < 4.78 is 6.14. The molecule has 0 bridgehead atoms. The van der Waals surface area contributed by atoms with E-state index in [0.29, 0.717) is 12.4 Å². The number of anilines is 1. The summed E-state index contributed by atoms with van der Waals surface area (Å²) in [5.41, 5.74) is 4.53. The van der Waals surface area contributed by atoms with Crippen LogP contribution in [0.5, 0.6) is 5.75 Å². The van der Waals surface area contributed by atoms with Crippen molar-refractivity contribution in [1.82, 2.24) is 10.2 Å². The number of aromatic hydroxyl groups is 1. The van der Waals surface area contributed by atoms with Crippen LogP contribution in [0.3, 0.4) is 0 Å². The Kier molecular flexibility index (Phi) is 3.88. The molecule has 2 saturated carbocycles. The van der Waals surface area contributed by atoms with Gasteiger partial charge < -0.3 is 20.3 Å². The highest BCUT2D eigenvalue weighted by molar-refractivity contribution is 5.73. The lowest BCUT2D eigenvalue weighted by molar-refractivity contribution is 0.00828. The first-order valence-corrected chi connectivity index (χ1v) is 9.82. The van der Waals surface area contributed by atoms with Crippen molar-refractivity contribution in [2.45, 2.75) is 69.8 Å². The van der Waals surface area contributed by atoms with Crippen LogP contribution >= 0.6 is 0 Å². The average Bonchev–Trinajstić information content (AvgIpc) is 3.27. The quantitative estimate of drug-likeness (QED) is 0.773. The van der Waals surface area contributed by atoms with Crippen molar-refractivity contribution in [1.29, 1.82) is 0 Å². The zero-order valence-electron chi connectivity index (χ0n) is 15.5. The average molecular weight is 367 g/mol. The van der Waals surface area contributed by atoms with Gasteiger partial charge in [-0.25, -0.2) is 0 Å². The van der Waals surface area contributed by atoms with Crippen LogP contribution in [-0.2, 0) is 17.8 Å². The van der Waals surface area contributed by atoms with Gasteiger partial charge in [-0.3, -0.25) is 0 Å². The minimum absolute atomic E-state index is 0.0128. The van der Waals surface area contributed by atoms with Gasteiger partial charge in [0.1, 0.15) is 11.4 Å². The van der Waals surface area contributed by atoms with Gasteiger partial charge in [-0.2, -0.15) is 0 Å². The number of phenols is 1. The van der Waals surface area contributed by atoms with Gasteiger partial charge in [-0.15, -0.1) is 10.2 Å². The van der Waals surface area contributed by atoms with Crippen LogP contribution in [-0.4, -0.2) is 38.2 Å². The number of hydrogen-bond acceptors (Lipinski definition) is 6. The molecule has 0 saturated heterocycles. The topological polar surface area (TPSA) is 87.5 Å². The molecule has 1 aromatic heterocycles. The molecule has 0 unspecified atom stereocenters. The minimum Gasteiger partial charge on any atom is -0.507 e. The SMILES string of the molecule is Cc1ccc(-c2nnc(N[C@@H]3CCC[C@H]3O)c3c2CC2(CC2)OC3)c(O)c1. The normalized spacial score (nSPS) is 25.4. The highest BCUT2D eigenvalue weighted by Gasteiger charge is 2.48. The lowest BCUT2D eigenvalue weighted by atomic mass is 9.93. The number of aromatic nitrogens is 2. The van der Waals surface area contributed by atoms with Crippen LogP contribution in [0, 0.1) is 6.92 Å². The van der Waals surface area contributed by atoms with Crippen molar-refractivity contribution in [3.05, 3.63) is 34.9 Å². The number of nitrogens with zero attached hydrogens (tertiary/aromatic N) is 2. The standard InChI is InChI=1S/C21H25N3O3/c1-12-5-6-13(18(26)9-12)19-14-10-21(7-8-21)27-11-15(14)20(24-23-19)22-16-3-2-4-17(16)25/h5-6,9,16-17,25-26H,2-4,7-8,10-11H2,1H3,(H,22,24)/t16-,17-/m1/s1. The van der Waals surface area contributed by atoms with Gasteiger partial charge in [0, 0.05) is 17.5 Å². The summed E-state index contributed by atoms with van der Waals surface area (Å²) in [5, 5.41) is 33.0. The fourth-order valence-corrected chi connectivity index (χ4v) is 4.37. The molecule has 2 aliphatic carbocycles. The van der Waals surface area contributed by atoms with Crippen LogP contribution in [0.1, 0.15) is 48.8 Å². The number of benzene rings is 1. The van der Waals surface area contributed by atoms with Gasteiger partial charge in [0.15, 0.2) is 5.82 Å². The molecule has 2 fully saturated rings. The first kappa shape index (κ1) is 17.0. The van der Waals surface area contributed by atoms with Crippen molar-refractivity contribution in [2.75, 3.05) is 5.32 Å². The Morgan fingerprint density at radius 1 is 1.19 bits per heavy atom. The van der Waals surface area contributed by atoms with E-state index < -0.39 is 0 Å². The van der Waals surface area contributed by atoms with Crippen molar-refractivity contribution in [3.8, 4) is 17.0 Å². The second kappa shape index (κ2) is 6.17. The number of phenolic OH excluding ortho intramolecular Hbond substituents is 1. The predicted octanol–water partition coefficient (Wildman–Crippen LogP) is 3.09. The van der Waals surface area contributed by atoms with E-state index in [1.807, 2.05) is 19.1 Å². The molecule has 1 aromatic carbocycles. The van der Waals surface area contributed by atoms with Crippen LogP contribution in [0.25, 0.3) is 11.3 Å². The molecule has 3 N–H and O–H groups in total. The van der Waals surface area contributed by atoms with Gasteiger partial charge >= 0.3 is 0 Å². The van der Waals surface area contributed by atoms with Crippen LogP contribution in [0.15, 0.2) is 18.2 Å². The number of aryl methyl sites for hydroxylation is 1. The van der Waals surface area contributed by atoms with Crippen LogP contribution in [0.2, 0.25) is 0 Å². The highest BCUT2D eigenvalue weighted by Crippen LogP contribution is 2.49. The lowest BCUT2D eigenvalue weighted by Gasteiger charge is -2.29. The summed E-state index contributed by atoms with van der Waals surface area (Å²) in [7, 11) is 0. The van der Waals surface area contributed by atoms with Gasteiger partial charge in [0.05, 0.1) is 24.4 Å². The third kappa shape index (κ3) is 2.97. The van der Waals surface area contributed by atoms with Gasteiger partial charge in [0.25, 0.3) is 0 Å². The third-order valence-corrected chi connectivity index (χ3v) is 6.23. The van der Waals surface area contributed by atoms with Crippen molar-refractivity contribution < 1.29 is 14.9 Å². The summed E-state index contributed by atoms with van der Waals surface area (Å²) in [4.78, 5) is 0. The van der Waals surface area contributed by atoms with Gasteiger partial charge in [-0.1, -0.05) is 6.07 Å². The van der Waals surface area contributed by atoms with Crippen molar-refractivity contribution >= 4 is 5.82 Å². The van der Waals surface area contributed by atoms with E-state index >= 15 is 0 Å². The van der Waals surface area contributed by atoms with Gasteiger partial charge in [-0.05, 0) is 62.3 Å². The molecule has 2 atom stereocenters. The number of fused-ring (bicyclic) bond motifs is 1. The number of nitrogens with one attached hydrogen (secondary N) is 1. The molecule has 2 aromatic rings. The maximum atomic E-state index is 10.5. The van der Waals surface area contributed by atoms with Crippen LogP contribution in [0.4, 0.5) is 5.82 Å². The molecular formula is C21H25N3O3. The fraction of sp³-hybridized carbons (Fsp3) is 0.524. The second-order valence-corrected chi connectivity index (χ2v) is 8.27. The van der Waals surface area contributed by atoms with E-state index in [1.165, 1.54) is 0 Å². The molecule has 1 spiro atoms. The smallest absolute Gasteiger partial charge is 0.154 e. The molecule has 3 aliphatic rings. The monoisotopic (exact) mass is 367 g/mol. The Hall–Kier alpha value is -2.18. The van der Waals surface area contributed by atoms with Gasteiger partial charge in [0.2, 0.25) is 0 Å². The Labute approximate surface area is 158 Å². The number of aliphatic hydroxyl groups excluding tert-OH is 1. The number of ether oxygens (including phenoxy) is 1. The Bertz CT molecular complexity index is 894. The lowest BCUT2D eigenvalue weighted by Crippen LogP contribution is -2.31. The van der Waals surface area contributed by atoms with E-state index in [-0.39, 0.29) is 23.5 Å². The molecule has 6 heteroatoms. The Morgan fingerprint density at radius 2 is 2.04 bits per heavy atom. The number of rotatable bonds is 3. The van der Waals surface area contributed by atoms with E-state index in [1.54, 1.807) is 6.07 Å². The van der Waals surface area contributed by atoms with Crippen molar-refractivity contribution in [3.63, 3.8) is 0 Å². The van der Waals surface area contributed by atoms with E-state index in [0.717, 1.165) is 66.5 Å². The number of hydrogen-bond donors (Lipinski definition) is 3. The molecule has 142 valence electrons. The molecular weight excluding hydrogens is 342 g/mol. The Morgan fingerprint density at radius 3 is 2.74 bits per heavy atom. The molecule has 6 nitrogen and oxygen atoms in total. The Balaban J connectivity index is 1.58. The third-order valence-electron chi connectivity index (χ3n) is 6.23. The first-order valence-electron chi connectivity index (χ1n) is 9.82. The minimum atomic E-state index is -0.345. The van der Waals surface area contributed by atoms with E-state index in [9.17, 15) is 10.2 Å². The maximum absolute atomic E-state index is 10.5.